The van der Waals surface area contributed by atoms with Crippen molar-refractivity contribution in [2.75, 3.05) is 13.1 Å². The highest BCUT2D eigenvalue weighted by atomic mass is 19.4. The van der Waals surface area contributed by atoms with Crippen molar-refractivity contribution in [1.82, 2.24) is 10.6 Å². The molecule has 1 aliphatic heterocycles. The van der Waals surface area contributed by atoms with Gasteiger partial charge in [-0.15, -0.1) is 0 Å². The van der Waals surface area contributed by atoms with E-state index in [0.29, 0.717) is 0 Å². The van der Waals surface area contributed by atoms with Gasteiger partial charge in [-0.25, -0.2) is 5.32 Å². The Morgan fingerprint density at radius 3 is 2.64 bits per heavy atom. The molecule has 2 nitrogen and oxygen atoms in total. The molecular weight excluding hydrogens is 157 g/mol. The van der Waals surface area contributed by atoms with Crippen LogP contribution in [0.2, 0.25) is 0 Å². The Labute approximate surface area is 63.2 Å². The minimum Gasteiger partial charge on any atom is -0.313 e. The van der Waals surface area contributed by atoms with Gasteiger partial charge in [-0.1, -0.05) is 0 Å². The summed E-state index contributed by atoms with van der Waals surface area (Å²) in [4.78, 5) is 0. The molecule has 1 saturated heterocycles. The Hall–Kier alpha value is -0.290. The van der Waals surface area contributed by atoms with Crippen LogP contribution in [0.15, 0.2) is 0 Å². The number of nitrogens with one attached hydrogen (secondary N) is 2. The molecule has 0 saturated carbocycles. The van der Waals surface area contributed by atoms with Crippen molar-refractivity contribution < 1.29 is 13.2 Å². The fraction of sp³-hybridized carbons (Fsp3) is 1.00. The van der Waals surface area contributed by atoms with Crippen LogP contribution in [-0.2, 0) is 0 Å². The zero-order valence-corrected chi connectivity index (χ0v) is 6.04. The highest BCUT2D eigenvalue weighted by Gasteiger charge is 2.28. The van der Waals surface area contributed by atoms with Gasteiger partial charge in [-0.05, 0) is 19.4 Å². The van der Waals surface area contributed by atoms with Crippen LogP contribution in [0.25, 0.3) is 0 Å². The molecule has 0 amide bonds. The van der Waals surface area contributed by atoms with Gasteiger partial charge >= 0.3 is 6.30 Å². The Kier molecular flexibility index (Phi) is 2.72. The molecule has 0 unspecified atom stereocenters. The molecule has 0 aromatic heterocycles. The molecule has 2 N–H and O–H groups in total. The van der Waals surface area contributed by atoms with Crippen LogP contribution in [0.3, 0.4) is 0 Å². The normalized spacial score (nSPS) is 25.9. The highest BCUT2D eigenvalue weighted by molar-refractivity contribution is 4.76. The molecule has 1 heterocycles. The van der Waals surface area contributed by atoms with E-state index in [-0.39, 0.29) is 12.6 Å². The summed E-state index contributed by atoms with van der Waals surface area (Å²) in [5.74, 6) is 0. The third kappa shape index (κ3) is 3.57. The smallest absolute Gasteiger partial charge is 0.313 e. The molecule has 11 heavy (non-hydrogen) atoms. The highest BCUT2D eigenvalue weighted by Crippen LogP contribution is 2.11. The maximum atomic E-state index is 11.6. The van der Waals surface area contributed by atoms with Gasteiger partial charge < -0.3 is 5.32 Å². The molecule has 0 aliphatic carbocycles. The van der Waals surface area contributed by atoms with Gasteiger partial charge in [0.05, 0.1) is 0 Å². The molecule has 0 aromatic carbocycles. The van der Waals surface area contributed by atoms with Crippen molar-refractivity contribution in [3.05, 3.63) is 0 Å². The van der Waals surface area contributed by atoms with Crippen molar-refractivity contribution >= 4 is 0 Å². The fourth-order valence-corrected chi connectivity index (χ4v) is 1.17. The standard InChI is InChI=1S/C6H11F3N2/c7-6(8,9)11-4-5-2-1-3-10-5/h5,10-11H,1-4H2/t5-/m0/s1. The summed E-state index contributed by atoms with van der Waals surface area (Å²) >= 11 is 0. The Bertz CT molecular complexity index is 117. The second-order valence-electron chi connectivity index (χ2n) is 2.67. The molecule has 1 atom stereocenters. The number of hydrogen-bond donors (Lipinski definition) is 2. The van der Waals surface area contributed by atoms with Crippen molar-refractivity contribution in [3.63, 3.8) is 0 Å². The first-order valence-corrected chi connectivity index (χ1v) is 3.63. The molecule has 0 aromatic rings. The maximum absolute atomic E-state index is 11.6. The third-order valence-corrected chi connectivity index (χ3v) is 1.71. The molecule has 66 valence electrons. The Morgan fingerprint density at radius 1 is 1.45 bits per heavy atom. The lowest BCUT2D eigenvalue weighted by molar-refractivity contribution is -0.157. The maximum Gasteiger partial charge on any atom is 0.457 e. The van der Waals surface area contributed by atoms with Gasteiger partial charge in [0.25, 0.3) is 0 Å². The quantitative estimate of drug-likeness (QED) is 0.597. The van der Waals surface area contributed by atoms with Crippen molar-refractivity contribution in [2.45, 2.75) is 25.2 Å². The molecule has 1 aliphatic rings. The van der Waals surface area contributed by atoms with Gasteiger partial charge in [0.1, 0.15) is 0 Å². The van der Waals surface area contributed by atoms with E-state index in [0.717, 1.165) is 19.4 Å². The predicted octanol–water partition coefficient (Wildman–Crippen LogP) is 0.848. The summed E-state index contributed by atoms with van der Waals surface area (Å²) in [5, 5.41) is 4.47. The number of halogens is 3. The number of rotatable bonds is 2. The summed E-state index contributed by atoms with van der Waals surface area (Å²) in [6, 6.07) is -0.00313. The second kappa shape index (κ2) is 3.40. The predicted molar refractivity (Wildman–Crippen MR) is 35.1 cm³/mol. The van der Waals surface area contributed by atoms with Crippen LogP contribution < -0.4 is 10.6 Å². The zero-order chi connectivity index (χ0) is 8.32. The lowest BCUT2D eigenvalue weighted by Crippen LogP contribution is -2.41. The summed E-state index contributed by atoms with van der Waals surface area (Å²) < 4.78 is 34.7. The topological polar surface area (TPSA) is 24.1 Å². The molecule has 1 rings (SSSR count). The minimum absolute atomic E-state index is 0.00313. The van der Waals surface area contributed by atoms with Crippen molar-refractivity contribution in [1.29, 1.82) is 0 Å². The minimum atomic E-state index is -4.23. The third-order valence-electron chi connectivity index (χ3n) is 1.71. The van der Waals surface area contributed by atoms with Crippen molar-refractivity contribution in [3.8, 4) is 0 Å². The van der Waals surface area contributed by atoms with E-state index in [2.05, 4.69) is 5.32 Å². The van der Waals surface area contributed by atoms with E-state index in [1.807, 2.05) is 0 Å². The van der Waals surface area contributed by atoms with Crippen molar-refractivity contribution in [2.24, 2.45) is 0 Å². The van der Waals surface area contributed by atoms with E-state index in [1.54, 1.807) is 0 Å². The number of hydrogen-bond acceptors (Lipinski definition) is 2. The van der Waals surface area contributed by atoms with Crippen LogP contribution in [0.1, 0.15) is 12.8 Å². The van der Waals surface area contributed by atoms with Gasteiger partial charge in [0.15, 0.2) is 0 Å². The van der Waals surface area contributed by atoms with Gasteiger partial charge in [-0.3, -0.25) is 0 Å². The Balaban J connectivity index is 2.11. The lowest BCUT2D eigenvalue weighted by atomic mass is 10.2. The van der Waals surface area contributed by atoms with Crippen LogP contribution >= 0.6 is 0 Å². The van der Waals surface area contributed by atoms with Gasteiger partial charge in [0.2, 0.25) is 0 Å². The lowest BCUT2D eigenvalue weighted by Gasteiger charge is -2.13. The van der Waals surface area contributed by atoms with E-state index >= 15 is 0 Å². The van der Waals surface area contributed by atoms with Crippen LogP contribution in [0, 0.1) is 0 Å². The monoisotopic (exact) mass is 168 g/mol. The van der Waals surface area contributed by atoms with Crippen LogP contribution in [0.5, 0.6) is 0 Å². The first-order valence-electron chi connectivity index (χ1n) is 3.63. The second-order valence-corrected chi connectivity index (χ2v) is 2.67. The SMILES string of the molecule is FC(F)(F)NC[C@@H]1CCCN1. The largest absolute Gasteiger partial charge is 0.457 e. The summed E-state index contributed by atoms with van der Waals surface area (Å²) in [7, 11) is 0. The molecule has 5 heteroatoms. The molecule has 0 spiro atoms. The van der Waals surface area contributed by atoms with Crippen LogP contribution in [0.4, 0.5) is 13.2 Å². The van der Waals surface area contributed by atoms with E-state index in [9.17, 15) is 13.2 Å². The summed E-state index contributed by atoms with van der Waals surface area (Å²) in [5.41, 5.74) is 0. The average molecular weight is 168 g/mol. The number of alkyl halides is 3. The van der Waals surface area contributed by atoms with E-state index in [1.165, 1.54) is 5.32 Å². The average Bonchev–Trinajstić information content (AvgIpc) is 2.32. The summed E-state index contributed by atoms with van der Waals surface area (Å²) in [6.07, 6.45) is -2.42. The van der Waals surface area contributed by atoms with E-state index in [4.69, 9.17) is 0 Å². The summed E-state index contributed by atoms with van der Waals surface area (Å²) in [6.45, 7) is 0.827. The molecule has 0 bridgehead atoms. The fourth-order valence-electron chi connectivity index (χ4n) is 1.17. The first kappa shape index (κ1) is 8.80. The molecular formula is C6H11F3N2. The van der Waals surface area contributed by atoms with Gasteiger partial charge in [0, 0.05) is 12.6 Å². The Morgan fingerprint density at radius 2 is 2.18 bits per heavy atom. The zero-order valence-electron chi connectivity index (χ0n) is 6.04. The van der Waals surface area contributed by atoms with Crippen LogP contribution in [-0.4, -0.2) is 25.4 Å². The van der Waals surface area contributed by atoms with Gasteiger partial charge in [-0.2, -0.15) is 13.2 Å². The molecule has 1 fully saturated rings. The first-order chi connectivity index (χ1) is 5.08. The van der Waals surface area contributed by atoms with E-state index < -0.39 is 6.30 Å². The molecule has 0 radical (unpaired) electrons.